The van der Waals surface area contributed by atoms with Gasteiger partial charge in [0.2, 0.25) is 0 Å². The van der Waals surface area contributed by atoms with Gasteiger partial charge in [0.15, 0.2) is 11.5 Å². The largest absolute Gasteiger partial charge is 0.493 e. The average Bonchev–Trinajstić information content (AvgIpc) is 2.29. The van der Waals surface area contributed by atoms with Gasteiger partial charge < -0.3 is 15.2 Å². The van der Waals surface area contributed by atoms with E-state index in [-0.39, 0.29) is 6.04 Å². The van der Waals surface area contributed by atoms with Crippen molar-refractivity contribution < 1.29 is 9.47 Å². The molecule has 0 spiro atoms. The van der Waals surface area contributed by atoms with Crippen LogP contribution >= 0.6 is 11.8 Å². The van der Waals surface area contributed by atoms with Crippen molar-refractivity contribution in [3.05, 3.63) is 22.8 Å². The topological polar surface area (TPSA) is 44.5 Å². The number of aryl methyl sites for hydroxylation is 1. The molecule has 0 amide bonds. The van der Waals surface area contributed by atoms with Crippen molar-refractivity contribution in [3.8, 4) is 11.5 Å². The molecule has 1 aromatic carbocycles. The quantitative estimate of drug-likeness (QED) is 0.859. The molecule has 1 aromatic rings. The lowest BCUT2D eigenvalue weighted by Crippen LogP contribution is -2.21. The van der Waals surface area contributed by atoms with E-state index in [4.69, 9.17) is 15.2 Å². The monoisotopic (exact) mass is 239 g/mol. The Hall–Kier alpha value is -0.870. The first kappa shape index (κ1) is 11.6. The number of methoxy groups -OCH3 is 2. The van der Waals surface area contributed by atoms with Crippen LogP contribution in [0.4, 0.5) is 0 Å². The minimum Gasteiger partial charge on any atom is -0.493 e. The molecule has 4 heteroatoms. The summed E-state index contributed by atoms with van der Waals surface area (Å²) in [6.45, 7) is 2.10. The Morgan fingerprint density at radius 2 is 2.12 bits per heavy atom. The third-order valence-corrected chi connectivity index (χ3v) is 4.04. The van der Waals surface area contributed by atoms with Crippen molar-refractivity contribution in [2.24, 2.45) is 5.73 Å². The van der Waals surface area contributed by atoms with Crippen molar-refractivity contribution in [2.75, 3.05) is 20.0 Å². The third-order valence-electron chi connectivity index (χ3n) is 2.96. The smallest absolute Gasteiger partial charge is 0.165 e. The summed E-state index contributed by atoms with van der Waals surface area (Å²) in [6.07, 6.45) is 0. The molecule has 1 heterocycles. The molecule has 0 saturated carbocycles. The van der Waals surface area contributed by atoms with Crippen LogP contribution in [0.1, 0.15) is 22.7 Å². The normalized spacial score (nSPS) is 19.1. The van der Waals surface area contributed by atoms with Gasteiger partial charge in [0.05, 0.1) is 14.2 Å². The van der Waals surface area contributed by atoms with Gasteiger partial charge in [-0.05, 0) is 24.1 Å². The molecular formula is C12H17NO2S. The fourth-order valence-corrected chi connectivity index (χ4v) is 3.27. The van der Waals surface area contributed by atoms with Crippen LogP contribution in [0.3, 0.4) is 0 Å². The van der Waals surface area contributed by atoms with Gasteiger partial charge in [-0.3, -0.25) is 0 Å². The Bertz CT molecular complexity index is 406. The molecule has 3 nitrogen and oxygen atoms in total. The highest BCUT2D eigenvalue weighted by molar-refractivity contribution is 7.98. The molecule has 1 atom stereocenters. The highest BCUT2D eigenvalue weighted by Crippen LogP contribution is 2.43. The van der Waals surface area contributed by atoms with E-state index < -0.39 is 0 Å². The van der Waals surface area contributed by atoms with Crippen molar-refractivity contribution in [2.45, 2.75) is 18.7 Å². The van der Waals surface area contributed by atoms with Crippen LogP contribution in [0.25, 0.3) is 0 Å². The number of ether oxygens (including phenoxy) is 2. The standard InChI is InChI=1S/C12H17NO2S/c1-7-4-10(14-2)12(15-3)11-8(7)5-16-6-9(11)13/h4,9H,5-6,13H2,1-3H3/t9-/m0/s1. The van der Waals surface area contributed by atoms with Gasteiger partial charge in [0.1, 0.15) is 0 Å². The Morgan fingerprint density at radius 3 is 2.75 bits per heavy atom. The van der Waals surface area contributed by atoms with Crippen molar-refractivity contribution in [3.63, 3.8) is 0 Å². The Morgan fingerprint density at radius 1 is 1.38 bits per heavy atom. The molecule has 0 radical (unpaired) electrons. The molecule has 0 saturated heterocycles. The first-order valence-corrected chi connectivity index (χ1v) is 6.42. The zero-order valence-corrected chi connectivity index (χ0v) is 10.7. The van der Waals surface area contributed by atoms with Gasteiger partial charge in [-0.25, -0.2) is 0 Å². The highest BCUT2D eigenvalue weighted by Gasteiger charge is 2.25. The van der Waals surface area contributed by atoms with E-state index in [1.54, 1.807) is 14.2 Å². The van der Waals surface area contributed by atoms with E-state index in [1.807, 2.05) is 17.8 Å². The Balaban J connectivity index is 2.65. The number of hydrogen-bond donors (Lipinski definition) is 1. The predicted molar refractivity (Wildman–Crippen MR) is 67.4 cm³/mol. The second-order valence-electron chi connectivity index (χ2n) is 3.94. The zero-order chi connectivity index (χ0) is 11.7. The van der Waals surface area contributed by atoms with Gasteiger partial charge in [0.25, 0.3) is 0 Å². The van der Waals surface area contributed by atoms with E-state index in [2.05, 4.69) is 6.92 Å². The van der Waals surface area contributed by atoms with Crippen LogP contribution < -0.4 is 15.2 Å². The summed E-state index contributed by atoms with van der Waals surface area (Å²) in [5, 5.41) is 0. The van der Waals surface area contributed by atoms with Crippen LogP contribution in [-0.4, -0.2) is 20.0 Å². The fraction of sp³-hybridized carbons (Fsp3) is 0.500. The number of fused-ring (bicyclic) bond motifs is 1. The first-order chi connectivity index (χ1) is 7.69. The molecule has 16 heavy (non-hydrogen) atoms. The zero-order valence-electron chi connectivity index (χ0n) is 9.87. The van der Waals surface area contributed by atoms with Gasteiger partial charge in [0, 0.05) is 23.1 Å². The molecule has 0 bridgehead atoms. The summed E-state index contributed by atoms with van der Waals surface area (Å²) in [7, 11) is 3.33. The summed E-state index contributed by atoms with van der Waals surface area (Å²) in [5.74, 6) is 3.53. The summed E-state index contributed by atoms with van der Waals surface area (Å²) in [6, 6.07) is 2.06. The second-order valence-corrected chi connectivity index (χ2v) is 4.97. The molecule has 0 aromatic heterocycles. The van der Waals surface area contributed by atoms with Crippen LogP contribution in [0.15, 0.2) is 6.07 Å². The van der Waals surface area contributed by atoms with Gasteiger partial charge in [-0.15, -0.1) is 0 Å². The van der Waals surface area contributed by atoms with Crippen LogP contribution in [-0.2, 0) is 5.75 Å². The third kappa shape index (κ3) is 1.76. The van der Waals surface area contributed by atoms with E-state index in [9.17, 15) is 0 Å². The summed E-state index contributed by atoms with van der Waals surface area (Å²) in [4.78, 5) is 0. The van der Waals surface area contributed by atoms with Gasteiger partial charge in [-0.1, -0.05) is 0 Å². The molecule has 2 rings (SSSR count). The molecule has 88 valence electrons. The number of benzene rings is 1. The van der Waals surface area contributed by atoms with Gasteiger partial charge >= 0.3 is 0 Å². The maximum atomic E-state index is 6.16. The number of thioether (sulfide) groups is 1. The van der Waals surface area contributed by atoms with Crippen molar-refractivity contribution in [1.29, 1.82) is 0 Å². The summed E-state index contributed by atoms with van der Waals surface area (Å²) >= 11 is 1.87. The second kappa shape index (κ2) is 4.55. The molecule has 0 aliphatic carbocycles. The molecular weight excluding hydrogens is 222 g/mol. The van der Waals surface area contributed by atoms with Crippen LogP contribution in [0.2, 0.25) is 0 Å². The minimum atomic E-state index is 0.0394. The Labute approximate surface area is 100 Å². The predicted octanol–water partition coefficient (Wildman–Crippen LogP) is 2.26. The molecule has 1 aliphatic rings. The Kier molecular flexibility index (Phi) is 3.30. The lowest BCUT2D eigenvalue weighted by molar-refractivity contribution is 0.349. The summed E-state index contributed by atoms with van der Waals surface area (Å²) in [5.41, 5.74) is 9.82. The van der Waals surface area contributed by atoms with E-state index in [0.717, 1.165) is 28.6 Å². The maximum Gasteiger partial charge on any atom is 0.165 e. The first-order valence-electron chi connectivity index (χ1n) is 5.26. The summed E-state index contributed by atoms with van der Waals surface area (Å²) < 4.78 is 10.8. The fourth-order valence-electron chi connectivity index (χ4n) is 2.15. The lowest BCUT2D eigenvalue weighted by atomic mass is 9.96. The van der Waals surface area contributed by atoms with Crippen molar-refractivity contribution >= 4 is 11.8 Å². The van der Waals surface area contributed by atoms with Crippen LogP contribution in [0, 0.1) is 6.92 Å². The molecule has 0 fully saturated rings. The van der Waals surface area contributed by atoms with E-state index in [0.29, 0.717) is 0 Å². The van der Waals surface area contributed by atoms with E-state index in [1.165, 1.54) is 11.1 Å². The van der Waals surface area contributed by atoms with Gasteiger partial charge in [-0.2, -0.15) is 11.8 Å². The molecule has 2 N–H and O–H groups in total. The van der Waals surface area contributed by atoms with Crippen LogP contribution in [0.5, 0.6) is 11.5 Å². The molecule has 0 unspecified atom stereocenters. The highest BCUT2D eigenvalue weighted by atomic mass is 32.2. The number of nitrogens with two attached hydrogens (primary N) is 1. The SMILES string of the molecule is COc1cc(C)c2c(c1OC)[C@@H](N)CSC2. The maximum absolute atomic E-state index is 6.16. The number of hydrogen-bond acceptors (Lipinski definition) is 4. The minimum absolute atomic E-state index is 0.0394. The van der Waals surface area contributed by atoms with Crippen molar-refractivity contribution in [1.82, 2.24) is 0 Å². The number of rotatable bonds is 2. The average molecular weight is 239 g/mol. The lowest BCUT2D eigenvalue weighted by Gasteiger charge is -2.27. The molecule has 1 aliphatic heterocycles. The van der Waals surface area contributed by atoms with E-state index >= 15 is 0 Å².